The SMILES string of the molecule is Cc1cc(C(=O)N2CC(CN)CC2C)c(C)n1-c1nccs1.Cl.Cl. The first kappa shape index (κ1) is 21.0. The number of nitrogens with zero attached hydrogens (tertiary/aromatic N) is 3. The number of aromatic nitrogens is 2. The van der Waals surface area contributed by atoms with Crippen LogP contribution in [0.1, 0.15) is 35.1 Å². The molecule has 2 unspecified atom stereocenters. The van der Waals surface area contributed by atoms with E-state index >= 15 is 0 Å². The fraction of sp³-hybridized carbons (Fsp3) is 0.500. The van der Waals surface area contributed by atoms with Crippen LogP contribution in [0.25, 0.3) is 5.13 Å². The Morgan fingerprint density at radius 2 is 2.12 bits per heavy atom. The monoisotopic (exact) mass is 390 g/mol. The Hall–Kier alpha value is -1.08. The van der Waals surface area contributed by atoms with Crippen molar-refractivity contribution in [1.82, 2.24) is 14.5 Å². The maximum Gasteiger partial charge on any atom is 0.255 e. The van der Waals surface area contributed by atoms with Crippen molar-refractivity contribution in [3.63, 3.8) is 0 Å². The third-order valence-corrected chi connectivity index (χ3v) is 5.28. The molecule has 2 aromatic rings. The molecule has 0 radical (unpaired) electrons. The average Bonchev–Trinajstić information content (AvgIpc) is 3.18. The lowest BCUT2D eigenvalue weighted by Gasteiger charge is -2.21. The molecule has 5 nitrogen and oxygen atoms in total. The molecular weight excluding hydrogens is 367 g/mol. The van der Waals surface area contributed by atoms with Crippen LogP contribution >= 0.6 is 36.2 Å². The molecule has 0 aliphatic carbocycles. The summed E-state index contributed by atoms with van der Waals surface area (Å²) in [6.07, 6.45) is 2.78. The van der Waals surface area contributed by atoms with E-state index in [1.807, 2.05) is 30.2 Å². The molecule has 8 heteroatoms. The van der Waals surface area contributed by atoms with E-state index < -0.39 is 0 Å². The number of thiazole rings is 1. The molecule has 3 heterocycles. The summed E-state index contributed by atoms with van der Waals surface area (Å²) < 4.78 is 2.05. The summed E-state index contributed by atoms with van der Waals surface area (Å²) in [4.78, 5) is 19.3. The zero-order valence-electron chi connectivity index (χ0n) is 14.1. The van der Waals surface area contributed by atoms with Gasteiger partial charge < -0.3 is 10.6 Å². The predicted octanol–water partition coefficient (Wildman–Crippen LogP) is 3.20. The molecule has 0 bridgehead atoms. The van der Waals surface area contributed by atoms with E-state index in [9.17, 15) is 4.79 Å². The smallest absolute Gasteiger partial charge is 0.255 e. The Labute approximate surface area is 159 Å². The van der Waals surface area contributed by atoms with Crippen LogP contribution in [0, 0.1) is 19.8 Å². The predicted molar refractivity (Wildman–Crippen MR) is 103 cm³/mol. The van der Waals surface area contributed by atoms with E-state index in [4.69, 9.17) is 5.73 Å². The van der Waals surface area contributed by atoms with Crippen LogP contribution in [0.2, 0.25) is 0 Å². The number of hydrogen-bond acceptors (Lipinski definition) is 4. The van der Waals surface area contributed by atoms with Crippen molar-refractivity contribution < 1.29 is 4.79 Å². The van der Waals surface area contributed by atoms with Crippen molar-refractivity contribution in [2.75, 3.05) is 13.1 Å². The summed E-state index contributed by atoms with van der Waals surface area (Å²) in [6.45, 7) is 7.52. The Kier molecular flexibility index (Phi) is 7.28. The van der Waals surface area contributed by atoms with Crippen LogP contribution in [0.4, 0.5) is 0 Å². The van der Waals surface area contributed by atoms with Crippen LogP contribution in [0.5, 0.6) is 0 Å². The Bertz CT molecular complexity index is 687. The molecule has 2 aromatic heterocycles. The Morgan fingerprint density at radius 3 is 2.67 bits per heavy atom. The van der Waals surface area contributed by atoms with Crippen LogP contribution < -0.4 is 5.73 Å². The van der Waals surface area contributed by atoms with Gasteiger partial charge in [0.15, 0.2) is 5.13 Å². The second kappa shape index (κ2) is 8.34. The maximum atomic E-state index is 12.9. The summed E-state index contributed by atoms with van der Waals surface area (Å²) in [5, 5.41) is 2.85. The number of amides is 1. The van der Waals surface area contributed by atoms with Gasteiger partial charge in [-0.15, -0.1) is 36.2 Å². The molecule has 1 fully saturated rings. The summed E-state index contributed by atoms with van der Waals surface area (Å²) in [5.41, 5.74) is 8.54. The number of carbonyl (C=O) groups excluding carboxylic acids is 1. The number of rotatable bonds is 3. The second-order valence-electron chi connectivity index (χ2n) is 6.08. The third-order valence-electron chi connectivity index (χ3n) is 4.53. The van der Waals surface area contributed by atoms with E-state index in [0.29, 0.717) is 12.5 Å². The summed E-state index contributed by atoms with van der Waals surface area (Å²) in [5.74, 6) is 0.528. The first-order chi connectivity index (χ1) is 10.5. The number of likely N-dealkylation sites (tertiary alicyclic amines) is 1. The van der Waals surface area contributed by atoms with Gasteiger partial charge in [-0.2, -0.15) is 0 Å². The molecule has 0 aromatic carbocycles. The van der Waals surface area contributed by atoms with Gasteiger partial charge in [0.05, 0.1) is 5.56 Å². The highest BCUT2D eigenvalue weighted by atomic mass is 35.5. The van der Waals surface area contributed by atoms with E-state index in [-0.39, 0.29) is 36.8 Å². The molecule has 0 spiro atoms. The topological polar surface area (TPSA) is 64.2 Å². The van der Waals surface area contributed by atoms with Gasteiger partial charge in [0.25, 0.3) is 5.91 Å². The van der Waals surface area contributed by atoms with Gasteiger partial charge in [-0.1, -0.05) is 0 Å². The van der Waals surface area contributed by atoms with E-state index in [1.54, 1.807) is 17.5 Å². The van der Waals surface area contributed by atoms with Crippen molar-refractivity contribution in [2.45, 2.75) is 33.2 Å². The standard InChI is InChI=1S/C16H22N4OS.2ClH/c1-10-6-13(8-17)9-19(10)15(21)14-7-11(2)20(12(14)3)16-18-4-5-22-16;;/h4-5,7,10,13H,6,8-9,17H2,1-3H3;2*1H. The minimum Gasteiger partial charge on any atom is -0.336 e. The van der Waals surface area contributed by atoms with E-state index in [1.165, 1.54) is 0 Å². The van der Waals surface area contributed by atoms with Gasteiger partial charge in [0.2, 0.25) is 0 Å². The van der Waals surface area contributed by atoms with Gasteiger partial charge in [0, 0.05) is 35.6 Å². The second-order valence-corrected chi connectivity index (χ2v) is 6.95. The molecule has 24 heavy (non-hydrogen) atoms. The van der Waals surface area contributed by atoms with Crippen molar-refractivity contribution in [2.24, 2.45) is 11.7 Å². The van der Waals surface area contributed by atoms with Crippen LogP contribution in [0.15, 0.2) is 17.6 Å². The van der Waals surface area contributed by atoms with Crippen molar-refractivity contribution in [1.29, 1.82) is 0 Å². The molecule has 1 saturated heterocycles. The number of nitrogens with two attached hydrogens (primary N) is 1. The van der Waals surface area contributed by atoms with E-state index in [2.05, 4.69) is 16.5 Å². The average molecular weight is 391 g/mol. The zero-order valence-corrected chi connectivity index (χ0v) is 16.5. The van der Waals surface area contributed by atoms with E-state index in [0.717, 1.165) is 35.0 Å². The largest absolute Gasteiger partial charge is 0.336 e. The summed E-state index contributed by atoms with van der Waals surface area (Å²) >= 11 is 1.58. The van der Waals surface area contributed by atoms with Gasteiger partial charge in [-0.25, -0.2) is 4.98 Å². The van der Waals surface area contributed by atoms with Gasteiger partial charge in [-0.3, -0.25) is 9.36 Å². The van der Waals surface area contributed by atoms with Crippen LogP contribution in [0.3, 0.4) is 0 Å². The highest BCUT2D eigenvalue weighted by Crippen LogP contribution is 2.28. The van der Waals surface area contributed by atoms with Gasteiger partial charge in [-0.05, 0) is 45.7 Å². The third kappa shape index (κ3) is 3.61. The highest BCUT2D eigenvalue weighted by Gasteiger charge is 2.33. The maximum absolute atomic E-state index is 12.9. The quantitative estimate of drug-likeness (QED) is 0.874. The first-order valence-corrected chi connectivity index (χ1v) is 8.50. The first-order valence-electron chi connectivity index (χ1n) is 7.62. The molecule has 1 amide bonds. The summed E-state index contributed by atoms with van der Waals surface area (Å²) in [7, 11) is 0. The Balaban J connectivity index is 0.00000144. The fourth-order valence-corrected chi connectivity index (χ4v) is 4.10. The van der Waals surface area contributed by atoms with Crippen molar-refractivity contribution in [3.8, 4) is 5.13 Å². The molecule has 1 aliphatic rings. The highest BCUT2D eigenvalue weighted by molar-refractivity contribution is 7.12. The molecule has 1 aliphatic heterocycles. The number of halogens is 2. The van der Waals surface area contributed by atoms with Crippen LogP contribution in [-0.2, 0) is 0 Å². The molecule has 2 atom stereocenters. The molecule has 3 rings (SSSR count). The summed E-state index contributed by atoms with van der Waals surface area (Å²) in [6, 6.07) is 2.23. The lowest BCUT2D eigenvalue weighted by atomic mass is 10.1. The lowest BCUT2D eigenvalue weighted by molar-refractivity contribution is 0.0742. The van der Waals surface area contributed by atoms with Gasteiger partial charge >= 0.3 is 0 Å². The molecule has 0 saturated carbocycles. The minimum absolute atomic E-state index is 0. The van der Waals surface area contributed by atoms with Crippen molar-refractivity contribution >= 4 is 42.1 Å². The lowest BCUT2D eigenvalue weighted by Crippen LogP contribution is -2.34. The zero-order chi connectivity index (χ0) is 15.9. The molecule has 2 N–H and O–H groups in total. The van der Waals surface area contributed by atoms with Gasteiger partial charge in [0.1, 0.15) is 0 Å². The normalized spacial score (nSPS) is 19.8. The van der Waals surface area contributed by atoms with Crippen molar-refractivity contribution in [3.05, 3.63) is 34.6 Å². The number of carbonyl (C=O) groups is 1. The molecule has 134 valence electrons. The van der Waals surface area contributed by atoms with Crippen LogP contribution in [-0.4, -0.2) is 39.5 Å². The number of aryl methyl sites for hydroxylation is 1. The Morgan fingerprint density at radius 1 is 1.42 bits per heavy atom. The number of hydrogen-bond donors (Lipinski definition) is 1. The fourth-order valence-electron chi connectivity index (χ4n) is 3.35. The minimum atomic E-state index is 0. The molecular formula is C16H24Cl2N4OS.